The molecule has 1 amide bonds. The summed E-state index contributed by atoms with van der Waals surface area (Å²) in [5, 5.41) is 16.0. The molecule has 41 heavy (non-hydrogen) atoms. The highest BCUT2D eigenvalue weighted by Gasteiger charge is 2.34. The first-order valence-corrected chi connectivity index (χ1v) is 14.0. The van der Waals surface area contributed by atoms with E-state index in [1.165, 1.54) is 12.1 Å². The fourth-order valence-electron chi connectivity index (χ4n) is 5.13. The Bertz CT molecular complexity index is 1390. The molecule has 0 spiro atoms. The molecule has 1 saturated heterocycles. The van der Waals surface area contributed by atoms with Gasteiger partial charge in [-0.25, -0.2) is 4.79 Å². The van der Waals surface area contributed by atoms with Crippen molar-refractivity contribution in [3.8, 4) is 11.5 Å². The molecule has 216 valence electrons. The largest absolute Gasteiger partial charge is 0.495 e. The number of carboxylic acid groups (broad SMARTS) is 1. The number of carbonyl (C=O) groups is 2. The number of ether oxygens (including phenoxy) is 2. The van der Waals surface area contributed by atoms with Gasteiger partial charge in [-0.15, -0.1) is 0 Å². The number of likely N-dealkylation sites (tertiary alicyclic amines) is 1. The molecule has 4 rings (SSSR count). The number of carboxylic acids is 1. The number of hydrogen-bond donors (Lipinski definition) is 3. The molecule has 2 atom stereocenters. The van der Waals surface area contributed by atoms with Gasteiger partial charge in [0.15, 0.2) is 0 Å². The van der Waals surface area contributed by atoms with Crippen molar-refractivity contribution in [2.75, 3.05) is 24.4 Å². The third kappa shape index (κ3) is 7.60. The number of methoxy groups -OCH3 is 1. The zero-order valence-corrected chi connectivity index (χ0v) is 24.1. The van der Waals surface area contributed by atoms with Gasteiger partial charge in [0.2, 0.25) is 5.91 Å². The lowest BCUT2D eigenvalue weighted by molar-refractivity contribution is -0.133. The van der Waals surface area contributed by atoms with E-state index in [1.807, 2.05) is 41.3 Å². The molecular weight excluding hydrogens is 518 g/mol. The van der Waals surface area contributed by atoms with Gasteiger partial charge in [-0.05, 0) is 92.8 Å². The van der Waals surface area contributed by atoms with Gasteiger partial charge in [0.05, 0.1) is 30.8 Å². The predicted molar refractivity (Wildman–Crippen MR) is 162 cm³/mol. The van der Waals surface area contributed by atoms with Crippen LogP contribution in [0.15, 0.2) is 78.6 Å². The summed E-state index contributed by atoms with van der Waals surface area (Å²) in [6, 6.07) is 20.3. The number of para-hydroxylation sites is 1. The second-order valence-corrected chi connectivity index (χ2v) is 10.3. The van der Waals surface area contributed by atoms with E-state index in [9.17, 15) is 9.59 Å². The monoisotopic (exact) mass is 557 g/mol. The first-order chi connectivity index (χ1) is 19.8. The number of carbonyl (C=O) groups excluding carboxylic acids is 1. The third-order valence-corrected chi connectivity index (χ3v) is 7.33. The second-order valence-electron chi connectivity index (χ2n) is 10.3. The summed E-state index contributed by atoms with van der Waals surface area (Å²) in [4.78, 5) is 26.5. The number of aryl methyl sites for hydroxylation is 1. The van der Waals surface area contributed by atoms with E-state index in [0.717, 1.165) is 47.6 Å². The number of nitrogens with one attached hydrogen (secondary N) is 2. The van der Waals surface area contributed by atoms with Gasteiger partial charge < -0.3 is 30.1 Å². The summed E-state index contributed by atoms with van der Waals surface area (Å²) in [6.07, 6.45) is 4.95. The van der Waals surface area contributed by atoms with Crippen molar-refractivity contribution < 1.29 is 24.2 Å². The van der Waals surface area contributed by atoms with Crippen LogP contribution in [0, 0.1) is 6.92 Å². The molecule has 3 aromatic carbocycles. The van der Waals surface area contributed by atoms with Gasteiger partial charge in [0.25, 0.3) is 0 Å². The van der Waals surface area contributed by atoms with Crippen LogP contribution in [-0.2, 0) is 11.2 Å². The number of hydrogen-bond acceptors (Lipinski definition) is 6. The highest BCUT2D eigenvalue weighted by atomic mass is 16.5. The van der Waals surface area contributed by atoms with E-state index >= 15 is 0 Å². The molecule has 0 radical (unpaired) electrons. The zero-order chi connectivity index (χ0) is 29.4. The van der Waals surface area contributed by atoms with Crippen molar-refractivity contribution in [2.24, 2.45) is 0 Å². The second kappa shape index (κ2) is 13.7. The quantitative estimate of drug-likeness (QED) is 0.234. The van der Waals surface area contributed by atoms with E-state index in [1.54, 1.807) is 19.2 Å². The summed E-state index contributed by atoms with van der Waals surface area (Å²) < 4.78 is 11.6. The average Bonchev–Trinajstić information content (AvgIpc) is 3.34. The normalized spacial score (nSPS) is 16.8. The van der Waals surface area contributed by atoms with E-state index in [4.69, 9.17) is 14.6 Å². The minimum atomic E-state index is -0.977. The summed E-state index contributed by atoms with van der Waals surface area (Å²) in [7, 11) is 1.63. The topological polar surface area (TPSA) is 100 Å². The molecule has 0 saturated carbocycles. The minimum Gasteiger partial charge on any atom is -0.495 e. The fourth-order valence-corrected chi connectivity index (χ4v) is 5.13. The van der Waals surface area contributed by atoms with E-state index in [-0.39, 0.29) is 30.0 Å². The van der Waals surface area contributed by atoms with Gasteiger partial charge in [-0.1, -0.05) is 31.2 Å². The lowest BCUT2D eigenvalue weighted by Crippen LogP contribution is -2.43. The van der Waals surface area contributed by atoms with Crippen LogP contribution in [0.5, 0.6) is 11.5 Å². The number of anilines is 2. The number of rotatable bonds is 12. The lowest BCUT2D eigenvalue weighted by Gasteiger charge is -2.29. The van der Waals surface area contributed by atoms with Crippen LogP contribution in [0.2, 0.25) is 0 Å². The third-order valence-electron chi connectivity index (χ3n) is 7.33. The molecule has 1 aliphatic rings. The van der Waals surface area contributed by atoms with Gasteiger partial charge in [-0.2, -0.15) is 0 Å². The standard InChI is InChI=1S/C33H39N3O5/c1-5-8-31(34-28-10-7-6-9-22(28)2)35-29-18-12-24(19-30(29)40-4)20-32(37)36-23(3)11-15-26(36)21-41-27-16-13-25(14-17-27)33(38)39/h6-10,12-14,16-19,23,26,34-35H,5,11,15,20-21H2,1-4H3,(H,38,39)/b31-8+. The van der Waals surface area contributed by atoms with Gasteiger partial charge in [0, 0.05) is 11.7 Å². The molecule has 2 unspecified atom stereocenters. The van der Waals surface area contributed by atoms with Crippen molar-refractivity contribution in [1.29, 1.82) is 0 Å². The van der Waals surface area contributed by atoms with Crippen molar-refractivity contribution in [2.45, 2.75) is 58.5 Å². The van der Waals surface area contributed by atoms with E-state index < -0.39 is 5.97 Å². The summed E-state index contributed by atoms with van der Waals surface area (Å²) in [5.74, 6) is 1.16. The van der Waals surface area contributed by atoms with Crippen molar-refractivity contribution >= 4 is 23.3 Å². The van der Waals surface area contributed by atoms with Crippen LogP contribution >= 0.6 is 0 Å². The first kappa shape index (κ1) is 29.5. The Hall–Kier alpha value is -4.46. The summed E-state index contributed by atoms with van der Waals surface area (Å²) in [5.41, 5.74) is 4.05. The molecule has 1 aliphatic heterocycles. The minimum absolute atomic E-state index is 0.0420. The Morgan fingerprint density at radius 1 is 1.02 bits per heavy atom. The number of benzene rings is 3. The summed E-state index contributed by atoms with van der Waals surface area (Å²) in [6.45, 7) is 6.57. The van der Waals surface area contributed by atoms with Gasteiger partial charge in [-0.3, -0.25) is 4.79 Å². The average molecular weight is 558 g/mol. The summed E-state index contributed by atoms with van der Waals surface area (Å²) >= 11 is 0. The predicted octanol–water partition coefficient (Wildman–Crippen LogP) is 6.48. The van der Waals surface area contributed by atoms with Crippen molar-refractivity contribution in [3.63, 3.8) is 0 Å². The van der Waals surface area contributed by atoms with Crippen LogP contribution in [0.1, 0.15) is 54.6 Å². The molecule has 8 nitrogen and oxygen atoms in total. The van der Waals surface area contributed by atoms with E-state index in [0.29, 0.717) is 18.1 Å². The van der Waals surface area contributed by atoms with Crippen LogP contribution in [0.4, 0.5) is 11.4 Å². The molecule has 0 aromatic heterocycles. The van der Waals surface area contributed by atoms with Crippen molar-refractivity contribution in [1.82, 2.24) is 4.90 Å². The Kier molecular flexibility index (Phi) is 9.90. The van der Waals surface area contributed by atoms with Crippen LogP contribution in [0.25, 0.3) is 0 Å². The maximum absolute atomic E-state index is 13.5. The Morgan fingerprint density at radius 3 is 2.44 bits per heavy atom. The van der Waals surface area contributed by atoms with Crippen LogP contribution in [0.3, 0.4) is 0 Å². The van der Waals surface area contributed by atoms with Gasteiger partial charge in [0.1, 0.15) is 23.9 Å². The number of nitrogens with zero attached hydrogens (tertiary/aromatic N) is 1. The Balaban J connectivity index is 1.41. The Labute approximate surface area is 242 Å². The highest BCUT2D eigenvalue weighted by molar-refractivity contribution is 5.87. The zero-order valence-electron chi connectivity index (χ0n) is 24.1. The lowest BCUT2D eigenvalue weighted by atomic mass is 10.1. The van der Waals surface area contributed by atoms with Crippen LogP contribution < -0.4 is 20.1 Å². The molecular formula is C33H39N3O5. The fraction of sp³-hybridized carbons (Fsp3) is 0.333. The van der Waals surface area contributed by atoms with Crippen molar-refractivity contribution in [3.05, 3.63) is 95.3 Å². The maximum Gasteiger partial charge on any atom is 0.335 e. The first-order valence-electron chi connectivity index (χ1n) is 14.0. The maximum atomic E-state index is 13.5. The number of allylic oxidation sites excluding steroid dienone is 1. The van der Waals surface area contributed by atoms with Crippen LogP contribution in [-0.4, -0.2) is 47.7 Å². The highest BCUT2D eigenvalue weighted by Crippen LogP contribution is 2.30. The number of aromatic carboxylic acids is 1. The SMILES string of the molecule is CC/C=C(\Nc1ccccc1C)Nc1ccc(CC(=O)N2C(C)CCC2COc2ccc(C(=O)O)cc2)cc1OC. The molecule has 1 fully saturated rings. The van der Waals surface area contributed by atoms with E-state index in [2.05, 4.69) is 43.5 Å². The molecule has 3 aromatic rings. The molecule has 8 heteroatoms. The molecule has 0 aliphatic carbocycles. The number of amides is 1. The van der Waals surface area contributed by atoms with Gasteiger partial charge >= 0.3 is 5.97 Å². The molecule has 3 N–H and O–H groups in total. The molecule has 1 heterocycles. The smallest absolute Gasteiger partial charge is 0.335 e. The Morgan fingerprint density at radius 2 is 1.76 bits per heavy atom. The molecule has 0 bridgehead atoms.